The minimum atomic E-state index is 0.456. The number of aromatic nitrogens is 2. The third kappa shape index (κ3) is 1.91. The largest absolute Gasteiger partial charge is 0.300 e. The Morgan fingerprint density at radius 2 is 2.20 bits per heavy atom. The molecule has 0 fully saturated rings. The van der Waals surface area contributed by atoms with Crippen LogP contribution in [0.5, 0.6) is 0 Å². The van der Waals surface area contributed by atoms with E-state index in [1.165, 1.54) is 0 Å². The van der Waals surface area contributed by atoms with Crippen molar-refractivity contribution >= 4 is 16.7 Å². The summed E-state index contributed by atoms with van der Waals surface area (Å²) in [5.74, 6) is 0. The van der Waals surface area contributed by atoms with Crippen molar-refractivity contribution in [2.45, 2.75) is 6.92 Å². The standard InChI is InChI=1S/C12H11N3/c1-2-4-10(13)9-7-12-11(15-8-9)5-3-6-14-12/h2-8,13H,1H3/b4-2-,13-10?. The third-order valence-electron chi connectivity index (χ3n) is 2.10. The van der Waals surface area contributed by atoms with Crippen molar-refractivity contribution in [3.63, 3.8) is 0 Å². The SMILES string of the molecule is C/C=C\C(=N)c1cnc2cccnc2c1. The molecule has 0 radical (unpaired) electrons. The van der Waals surface area contributed by atoms with Crippen LogP contribution in [0.2, 0.25) is 0 Å². The van der Waals surface area contributed by atoms with E-state index in [9.17, 15) is 0 Å². The molecule has 0 aromatic carbocycles. The quantitative estimate of drug-likeness (QED) is 0.752. The first kappa shape index (κ1) is 9.52. The highest BCUT2D eigenvalue weighted by Gasteiger charge is 2.00. The number of pyridine rings is 2. The maximum atomic E-state index is 7.75. The molecule has 2 aromatic heterocycles. The van der Waals surface area contributed by atoms with Gasteiger partial charge < -0.3 is 5.41 Å². The zero-order chi connectivity index (χ0) is 10.7. The average molecular weight is 197 g/mol. The van der Waals surface area contributed by atoms with Gasteiger partial charge in [-0.05, 0) is 31.2 Å². The molecule has 0 bridgehead atoms. The van der Waals surface area contributed by atoms with Gasteiger partial charge >= 0.3 is 0 Å². The molecule has 0 amide bonds. The zero-order valence-corrected chi connectivity index (χ0v) is 8.44. The lowest BCUT2D eigenvalue weighted by Gasteiger charge is -2.00. The fourth-order valence-electron chi connectivity index (χ4n) is 1.36. The Morgan fingerprint density at radius 3 is 3.00 bits per heavy atom. The number of nitrogens with zero attached hydrogens (tertiary/aromatic N) is 2. The molecule has 2 heterocycles. The van der Waals surface area contributed by atoms with Crippen LogP contribution in [0, 0.1) is 5.41 Å². The molecule has 0 spiro atoms. The van der Waals surface area contributed by atoms with E-state index in [4.69, 9.17) is 5.41 Å². The van der Waals surface area contributed by atoms with Crippen molar-refractivity contribution in [1.29, 1.82) is 5.41 Å². The number of hydrogen-bond donors (Lipinski definition) is 1. The number of rotatable bonds is 2. The highest BCUT2D eigenvalue weighted by molar-refractivity contribution is 6.07. The van der Waals surface area contributed by atoms with Gasteiger partial charge in [0.05, 0.1) is 16.7 Å². The first-order valence-electron chi connectivity index (χ1n) is 4.73. The van der Waals surface area contributed by atoms with Crippen LogP contribution in [0.3, 0.4) is 0 Å². The average Bonchev–Trinajstić information content (AvgIpc) is 2.29. The molecular formula is C12H11N3. The molecule has 0 saturated heterocycles. The zero-order valence-electron chi connectivity index (χ0n) is 8.44. The van der Waals surface area contributed by atoms with E-state index in [1.54, 1.807) is 18.5 Å². The Hall–Kier alpha value is -2.03. The summed E-state index contributed by atoms with van der Waals surface area (Å²) in [5, 5.41) is 7.75. The van der Waals surface area contributed by atoms with E-state index in [-0.39, 0.29) is 0 Å². The van der Waals surface area contributed by atoms with Crippen LogP contribution in [-0.4, -0.2) is 15.7 Å². The Bertz CT molecular complexity index is 529. The van der Waals surface area contributed by atoms with E-state index in [2.05, 4.69) is 9.97 Å². The van der Waals surface area contributed by atoms with Gasteiger partial charge in [-0.3, -0.25) is 9.97 Å². The lowest BCUT2D eigenvalue weighted by atomic mass is 10.1. The molecular weight excluding hydrogens is 186 g/mol. The monoisotopic (exact) mass is 197 g/mol. The molecule has 74 valence electrons. The molecule has 0 atom stereocenters. The van der Waals surface area contributed by atoms with Crippen LogP contribution < -0.4 is 0 Å². The molecule has 2 rings (SSSR count). The van der Waals surface area contributed by atoms with Crippen LogP contribution in [-0.2, 0) is 0 Å². The molecule has 0 aliphatic heterocycles. The summed E-state index contributed by atoms with van der Waals surface area (Å²) in [7, 11) is 0. The molecule has 0 saturated carbocycles. The minimum Gasteiger partial charge on any atom is -0.300 e. The van der Waals surface area contributed by atoms with Crippen molar-refractivity contribution < 1.29 is 0 Å². The Kier molecular flexibility index (Phi) is 2.54. The molecule has 0 aliphatic carbocycles. The minimum absolute atomic E-state index is 0.456. The van der Waals surface area contributed by atoms with E-state index < -0.39 is 0 Å². The number of hydrogen-bond acceptors (Lipinski definition) is 3. The van der Waals surface area contributed by atoms with E-state index in [1.807, 2.05) is 31.2 Å². The van der Waals surface area contributed by atoms with Crippen LogP contribution in [0.25, 0.3) is 11.0 Å². The summed E-state index contributed by atoms with van der Waals surface area (Å²) in [5.41, 5.74) is 2.93. The van der Waals surface area contributed by atoms with Crippen LogP contribution in [0.1, 0.15) is 12.5 Å². The normalized spacial score (nSPS) is 11.0. The van der Waals surface area contributed by atoms with Gasteiger partial charge in [-0.1, -0.05) is 6.08 Å². The Balaban J connectivity index is 2.51. The van der Waals surface area contributed by atoms with Crippen molar-refractivity contribution in [1.82, 2.24) is 9.97 Å². The topological polar surface area (TPSA) is 49.6 Å². The maximum Gasteiger partial charge on any atom is 0.0893 e. The summed E-state index contributed by atoms with van der Waals surface area (Å²) in [6.07, 6.45) is 7.01. The number of nitrogens with one attached hydrogen (secondary N) is 1. The molecule has 0 unspecified atom stereocenters. The van der Waals surface area contributed by atoms with E-state index in [0.29, 0.717) is 5.71 Å². The predicted octanol–water partition coefficient (Wildman–Crippen LogP) is 2.57. The highest BCUT2D eigenvalue weighted by Crippen LogP contribution is 2.10. The maximum absolute atomic E-state index is 7.75. The molecule has 2 aromatic rings. The van der Waals surface area contributed by atoms with Crippen LogP contribution in [0.4, 0.5) is 0 Å². The first-order chi connectivity index (χ1) is 7.31. The molecule has 0 aliphatic rings. The Morgan fingerprint density at radius 1 is 1.33 bits per heavy atom. The van der Waals surface area contributed by atoms with Gasteiger partial charge in [0.15, 0.2) is 0 Å². The summed E-state index contributed by atoms with van der Waals surface area (Å²) in [6, 6.07) is 5.64. The molecule has 15 heavy (non-hydrogen) atoms. The van der Waals surface area contributed by atoms with Gasteiger partial charge in [0.25, 0.3) is 0 Å². The molecule has 3 heteroatoms. The summed E-state index contributed by atoms with van der Waals surface area (Å²) >= 11 is 0. The first-order valence-corrected chi connectivity index (χ1v) is 4.73. The van der Waals surface area contributed by atoms with Gasteiger partial charge in [-0.15, -0.1) is 0 Å². The number of allylic oxidation sites excluding steroid dienone is 2. The van der Waals surface area contributed by atoms with Crippen molar-refractivity contribution in [2.75, 3.05) is 0 Å². The summed E-state index contributed by atoms with van der Waals surface area (Å²) in [4.78, 5) is 8.45. The summed E-state index contributed by atoms with van der Waals surface area (Å²) in [6.45, 7) is 1.89. The second-order valence-corrected chi connectivity index (χ2v) is 3.18. The van der Waals surface area contributed by atoms with Gasteiger partial charge in [-0.2, -0.15) is 0 Å². The van der Waals surface area contributed by atoms with Gasteiger partial charge in [-0.25, -0.2) is 0 Å². The fraction of sp³-hybridized carbons (Fsp3) is 0.0833. The second-order valence-electron chi connectivity index (χ2n) is 3.18. The number of fused-ring (bicyclic) bond motifs is 1. The molecule has 3 nitrogen and oxygen atoms in total. The smallest absolute Gasteiger partial charge is 0.0893 e. The van der Waals surface area contributed by atoms with Crippen LogP contribution in [0.15, 0.2) is 42.7 Å². The van der Waals surface area contributed by atoms with Crippen molar-refractivity contribution in [3.8, 4) is 0 Å². The lowest BCUT2D eigenvalue weighted by molar-refractivity contribution is 1.32. The summed E-state index contributed by atoms with van der Waals surface area (Å²) < 4.78 is 0. The van der Waals surface area contributed by atoms with Crippen LogP contribution >= 0.6 is 0 Å². The molecule has 1 N–H and O–H groups in total. The van der Waals surface area contributed by atoms with Gasteiger partial charge in [0.1, 0.15) is 0 Å². The highest BCUT2D eigenvalue weighted by atomic mass is 14.7. The second kappa shape index (κ2) is 4.00. The lowest BCUT2D eigenvalue weighted by Crippen LogP contribution is -1.96. The third-order valence-corrected chi connectivity index (χ3v) is 2.10. The van der Waals surface area contributed by atoms with E-state index in [0.717, 1.165) is 16.6 Å². The van der Waals surface area contributed by atoms with E-state index >= 15 is 0 Å². The predicted molar refractivity (Wildman–Crippen MR) is 61.2 cm³/mol. The Labute approximate surface area is 88.0 Å². The van der Waals surface area contributed by atoms with Crippen molar-refractivity contribution in [2.24, 2.45) is 0 Å². The van der Waals surface area contributed by atoms with Gasteiger partial charge in [0.2, 0.25) is 0 Å². The fourth-order valence-corrected chi connectivity index (χ4v) is 1.36. The van der Waals surface area contributed by atoms with Gasteiger partial charge in [0, 0.05) is 18.0 Å². The van der Waals surface area contributed by atoms with Crippen molar-refractivity contribution in [3.05, 3.63) is 48.3 Å².